The van der Waals surface area contributed by atoms with Gasteiger partial charge in [0.15, 0.2) is 0 Å². The zero-order chi connectivity index (χ0) is 7.98. The van der Waals surface area contributed by atoms with Gasteiger partial charge in [-0.15, -0.1) is 0 Å². The molecule has 0 aliphatic heterocycles. The molecule has 5 heteroatoms. The highest BCUT2D eigenvalue weighted by atomic mass is 16.2. The Labute approximate surface area is 58.5 Å². The van der Waals surface area contributed by atoms with Crippen LogP contribution in [0.25, 0.3) is 0 Å². The molecule has 2 N–H and O–H groups in total. The minimum atomic E-state index is -0.808. The number of aliphatic imine (C=N–C) groups is 1. The first kappa shape index (κ1) is 8.77. The molecule has 0 aromatic carbocycles. The SMILES string of the molecule is CC=NC(=O)C(=O)NNC. The quantitative estimate of drug-likeness (QED) is 0.277. The molecule has 0 aliphatic rings. The van der Waals surface area contributed by atoms with Crippen LogP contribution in [0, 0.1) is 0 Å². The normalized spacial score (nSPS) is 9.80. The van der Waals surface area contributed by atoms with E-state index in [0.29, 0.717) is 0 Å². The number of hydrogen-bond donors (Lipinski definition) is 2. The van der Waals surface area contributed by atoms with Crippen LogP contribution >= 0.6 is 0 Å². The third-order valence-corrected chi connectivity index (χ3v) is 0.679. The van der Waals surface area contributed by atoms with Gasteiger partial charge in [-0.2, -0.15) is 0 Å². The van der Waals surface area contributed by atoms with Gasteiger partial charge in [0, 0.05) is 13.3 Å². The molecule has 0 heterocycles. The number of hydrogen-bond acceptors (Lipinski definition) is 3. The Morgan fingerprint density at radius 1 is 1.50 bits per heavy atom. The number of nitrogens with zero attached hydrogens (tertiary/aromatic N) is 1. The molecular weight excluding hydrogens is 134 g/mol. The molecule has 0 aliphatic carbocycles. The van der Waals surface area contributed by atoms with Gasteiger partial charge in [0.05, 0.1) is 0 Å². The maximum absolute atomic E-state index is 10.5. The summed E-state index contributed by atoms with van der Waals surface area (Å²) in [5, 5.41) is 0. The lowest BCUT2D eigenvalue weighted by Crippen LogP contribution is -2.38. The summed E-state index contributed by atoms with van der Waals surface area (Å²) in [6.45, 7) is 1.56. The molecule has 0 bridgehead atoms. The second-order valence-electron chi connectivity index (χ2n) is 1.40. The minimum absolute atomic E-state index is 0.763. The molecule has 5 nitrogen and oxygen atoms in total. The Morgan fingerprint density at radius 3 is 2.50 bits per heavy atom. The average molecular weight is 143 g/mol. The molecule has 0 spiro atoms. The van der Waals surface area contributed by atoms with Gasteiger partial charge in [-0.25, -0.2) is 10.4 Å². The first-order valence-corrected chi connectivity index (χ1v) is 2.72. The van der Waals surface area contributed by atoms with E-state index in [1.807, 2.05) is 0 Å². The van der Waals surface area contributed by atoms with Gasteiger partial charge in [0.1, 0.15) is 0 Å². The Hall–Kier alpha value is -1.23. The maximum atomic E-state index is 10.5. The van der Waals surface area contributed by atoms with E-state index in [9.17, 15) is 9.59 Å². The van der Waals surface area contributed by atoms with Crippen molar-refractivity contribution in [3.8, 4) is 0 Å². The van der Waals surface area contributed by atoms with Crippen molar-refractivity contribution in [2.75, 3.05) is 7.05 Å². The molecule has 56 valence electrons. The van der Waals surface area contributed by atoms with Crippen LogP contribution in [0.3, 0.4) is 0 Å². The number of carbonyl (C=O) groups excluding carboxylic acids is 2. The van der Waals surface area contributed by atoms with Gasteiger partial charge < -0.3 is 0 Å². The summed E-state index contributed by atoms with van der Waals surface area (Å²) >= 11 is 0. The minimum Gasteiger partial charge on any atom is -0.283 e. The second-order valence-corrected chi connectivity index (χ2v) is 1.40. The zero-order valence-corrected chi connectivity index (χ0v) is 5.84. The fraction of sp³-hybridized carbons (Fsp3) is 0.400. The lowest BCUT2D eigenvalue weighted by molar-refractivity contribution is -0.137. The van der Waals surface area contributed by atoms with Crippen molar-refractivity contribution in [2.45, 2.75) is 6.92 Å². The molecule has 0 saturated heterocycles. The molecular formula is C5H9N3O2. The van der Waals surface area contributed by atoms with Gasteiger partial charge in [0.2, 0.25) is 0 Å². The smallest absolute Gasteiger partial charge is 0.283 e. The molecule has 0 saturated carbocycles. The Morgan fingerprint density at radius 2 is 2.10 bits per heavy atom. The van der Waals surface area contributed by atoms with Crippen molar-refractivity contribution in [2.24, 2.45) is 4.99 Å². The van der Waals surface area contributed by atoms with Gasteiger partial charge in [-0.1, -0.05) is 0 Å². The highest BCUT2D eigenvalue weighted by Gasteiger charge is 2.08. The monoisotopic (exact) mass is 143 g/mol. The van der Waals surface area contributed by atoms with E-state index >= 15 is 0 Å². The summed E-state index contributed by atoms with van der Waals surface area (Å²) in [5.41, 5.74) is 4.39. The highest BCUT2D eigenvalue weighted by Crippen LogP contribution is 1.71. The number of amides is 2. The van der Waals surface area contributed by atoms with Crippen LogP contribution in [0.15, 0.2) is 4.99 Å². The highest BCUT2D eigenvalue weighted by molar-refractivity contribution is 6.36. The molecule has 2 amide bonds. The number of hydrazine groups is 1. The molecule has 0 fully saturated rings. The average Bonchev–Trinajstić information content (AvgIpc) is 1.89. The third-order valence-electron chi connectivity index (χ3n) is 0.679. The fourth-order valence-electron chi connectivity index (χ4n) is 0.343. The van der Waals surface area contributed by atoms with Crippen LogP contribution in [0.1, 0.15) is 6.92 Å². The summed E-state index contributed by atoms with van der Waals surface area (Å²) in [6.07, 6.45) is 1.26. The lowest BCUT2D eigenvalue weighted by atomic mass is 10.6. The topological polar surface area (TPSA) is 70.6 Å². The van der Waals surface area contributed by atoms with Crippen molar-refractivity contribution < 1.29 is 9.59 Å². The van der Waals surface area contributed by atoms with Crippen molar-refractivity contribution in [1.82, 2.24) is 10.9 Å². The van der Waals surface area contributed by atoms with E-state index < -0.39 is 11.8 Å². The Kier molecular flexibility index (Phi) is 4.06. The first-order chi connectivity index (χ1) is 4.72. The summed E-state index contributed by atoms with van der Waals surface area (Å²) < 4.78 is 0. The molecule has 0 aromatic heterocycles. The molecule has 0 aromatic rings. The van der Waals surface area contributed by atoms with E-state index in [1.54, 1.807) is 6.92 Å². The van der Waals surface area contributed by atoms with E-state index in [2.05, 4.69) is 15.8 Å². The molecule has 10 heavy (non-hydrogen) atoms. The molecule has 0 unspecified atom stereocenters. The predicted octanol–water partition coefficient (Wildman–Crippen LogP) is -1.15. The first-order valence-electron chi connectivity index (χ1n) is 2.72. The van der Waals surface area contributed by atoms with Crippen molar-refractivity contribution in [3.63, 3.8) is 0 Å². The molecule has 0 radical (unpaired) electrons. The van der Waals surface area contributed by atoms with Crippen LogP contribution in [0.2, 0.25) is 0 Å². The van der Waals surface area contributed by atoms with Crippen molar-refractivity contribution >= 4 is 18.0 Å². The van der Waals surface area contributed by atoms with E-state index in [1.165, 1.54) is 13.3 Å². The second kappa shape index (κ2) is 4.63. The van der Waals surface area contributed by atoms with E-state index in [0.717, 1.165) is 0 Å². The van der Waals surface area contributed by atoms with Crippen molar-refractivity contribution in [3.05, 3.63) is 0 Å². The lowest BCUT2D eigenvalue weighted by Gasteiger charge is -1.95. The summed E-state index contributed by atoms with van der Waals surface area (Å²) in [5.74, 6) is -1.57. The fourth-order valence-corrected chi connectivity index (χ4v) is 0.343. The van der Waals surface area contributed by atoms with Crippen LogP contribution in [0.4, 0.5) is 0 Å². The number of carbonyl (C=O) groups is 2. The van der Waals surface area contributed by atoms with Crippen LogP contribution in [-0.2, 0) is 9.59 Å². The third kappa shape index (κ3) is 2.93. The Balaban J connectivity index is 3.83. The van der Waals surface area contributed by atoms with Gasteiger partial charge in [0.25, 0.3) is 0 Å². The predicted molar refractivity (Wildman–Crippen MR) is 36.4 cm³/mol. The van der Waals surface area contributed by atoms with Gasteiger partial charge >= 0.3 is 11.8 Å². The van der Waals surface area contributed by atoms with Crippen molar-refractivity contribution in [1.29, 1.82) is 0 Å². The summed E-state index contributed by atoms with van der Waals surface area (Å²) in [7, 11) is 1.49. The number of nitrogens with one attached hydrogen (secondary N) is 2. The summed E-state index contributed by atoms with van der Waals surface area (Å²) in [6, 6.07) is 0. The van der Waals surface area contributed by atoms with Gasteiger partial charge in [-0.05, 0) is 6.92 Å². The largest absolute Gasteiger partial charge is 0.335 e. The zero-order valence-electron chi connectivity index (χ0n) is 5.84. The van der Waals surface area contributed by atoms with Crippen LogP contribution in [0.5, 0.6) is 0 Å². The Bertz CT molecular complexity index is 164. The maximum Gasteiger partial charge on any atom is 0.335 e. The standard InChI is InChI=1S/C5H9N3O2/c1-3-7-4(9)5(10)8-6-2/h3,6H,1-2H3,(H,8,10). The molecule has 0 atom stereocenters. The van der Waals surface area contributed by atoms with Crippen LogP contribution < -0.4 is 10.9 Å². The van der Waals surface area contributed by atoms with E-state index in [-0.39, 0.29) is 0 Å². The summed E-state index contributed by atoms with van der Waals surface area (Å²) in [4.78, 5) is 24.2. The molecule has 0 rings (SSSR count). The van der Waals surface area contributed by atoms with Crippen LogP contribution in [-0.4, -0.2) is 25.1 Å². The van der Waals surface area contributed by atoms with Gasteiger partial charge in [-0.3, -0.25) is 15.0 Å². The number of rotatable bonds is 1. The van der Waals surface area contributed by atoms with E-state index in [4.69, 9.17) is 0 Å².